The van der Waals surface area contributed by atoms with Gasteiger partial charge in [0.05, 0.1) is 6.10 Å². The molecule has 1 aliphatic heterocycles. The molecule has 0 bridgehead atoms. The van der Waals surface area contributed by atoms with Gasteiger partial charge in [-0.25, -0.2) is 0 Å². The first-order valence-corrected chi connectivity index (χ1v) is 6.22. The predicted octanol–water partition coefficient (Wildman–Crippen LogP) is 1.47. The summed E-state index contributed by atoms with van der Waals surface area (Å²) in [6.07, 6.45) is 5.47. The Hall–Kier alpha value is -0.120. The lowest BCUT2D eigenvalue weighted by molar-refractivity contribution is -0.00195. The number of nitrogens with two attached hydrogens (primary N) is 1. The van der Waals surface area contributed by atoms with Crippen LogP contribution < -0.4 is 5.73 Å². The monoisotopic (exact) mass is 214 g/mol. The van der Waals surface area contributed by atoms with Crippen molar-refractivity contribution in [3.05, 3.63) is 0 Å². The minimum Gasteiger partial charge on any atom is -0.377 e. The van der Waals surface area contributed by atoms with Crippen LogP contribution in [0.3, 0.4) is 0 Å². The van der Waals surface area contributed by atoms with E-state index in [0.29, 0.717) is 12.0 Å². The van der Waals surface area contributed by atoms with Crippen molar-refractivity contribution in [2.45, 2.75) is 38.7 Å². The van der Waals surface area contributed by atoms with Crippen LogP contribution in [-0.2, 0) is 4.74 Å². The van der Waals surface area contributed by atoms with Crippen LogP contribution in [0.5, 0.6) is 0 Å². The van der Waals surface area contributed by atoms with E-state index in [1.54, 1.807) is 0 Å². The molecule has 0 saturated carbocycles. The zero-order valence-electron chi connectivity index (χ0n) is 10.2. The maximum Gasteiger partial charge on any atom is 0.0701 e. The number of hydrogen-bond acceptors (Lipinski definition) is 3. The second-order valence-corrected chi connectivity index (χ2v) is 4.88. The molecular weight excluding hydrogens is 188 g/mol. The zero-order valence-corrected chi connectivity index (χ0v) is 10.2. The molecule has 0 spiro atoms. The smallest absolute Gasteiger partial charge is 0.0701 e. The first kappa shape index (κ1) is 12.9. The molecule has 0 aromatic heterocycles. The van der Waals surface area contributed by atoms with Gasteiger partial charge < -0.3 is 15.4 Å². The molecule has 0 aromatic carbocycles. The number of nitrogens with zero attached hydrogens (tertiary/aromatic N) is 1. The van der Waals surface area contributed by atoms with E-state index in [4.69, 9.17) is 10.5 Å². The third-order valence-corrected chi connectivity index (χ3v) is 3.20. The van der Waals surface area contributed by atoms with Gasteiger partial charge in [-0.2, -0.15) is 0 Å². The minimum atomic E-state index is 0.469. The number of likely N-dealkylation sites (N-methyl/N-ethyl adjacent to an activating group) is 1. The molecule has 2 atom stereocenters. The molecule has 0 aromatic rings. The maximum atomic E-state index is 5.72. The van der Waals surface area contributed by atoms with Gasteiger partial charge in [-0.3, -0.25) is 0 Å². The molecule has 1 rings (SSSR count). The summed E-state index contributed by atoms with van der Waals surface area (Å²) in [7, 11) is 2.18. The fourth-order valence-electron chi connectivity index (χ4n) is 1.95. The Morgan fingerprint density at radius 1 is 1.47 bits per heavy atom. The average Bonchev–Trinajstić information content (AvgIpc) is 2.27. The molecule has 90 valence electrons. The van der Waals surface area contributed by atoms with Crippen molar-refractivity contribution in [2.75, 3.05) is 33.3 Å². The van der Waals surface area contributed by atoms with Crippen LogP contribution in [0.1, 0.15) is 32.6 Å². The van der Waals surface area contributed by atoms with Crippen LogP contribution in [0.2, 0.25) is 0 Å². The quantitative estimate of drug-likeness (QED) is 0.728. The molecule has 3 heteroatoms. The van der Waals surface area contributed by atoms with Crippen LogP contribution in [-0.4, -0.2) is 44.3 Å². The SMILES string of the molecule is CC(CN)CCN(C)CC1CCCCO1. The van der Waals surface area contributed by atoms with Crippen molar-refractivity contribution >= 4 is 0 Å². The van der Waals surface area contributed by atoms with Gasteiger partial charge in [0.25, 0.3) is 0 Å². The van der Waals surface area contributed by atoms with E-state index >= 15 is 0 Å². The third-order valence-electron chi connectivity index (χ3n) is 3.20. The highest BCUT2D eigenvalue weighted by atomic mass is 16.5. The second kappa shape index (κ2) is 7.20. The Kier molecular flexibility index (Phi) is 6.22. The Morgan fingerprint density at radius 3 is 2.87 bits per heavy atom. The second-order valence-electron chi connectivity index (χ2n) is 4.88. The topological polar surface area (TPSA) is 38.5 Å². The van der Waals surface area contributed by atoms with Crippen molar-refractivity contribution in [3.8, 4) is 0 Å². The van der Waals surface area contributed by atoms with Gasteiger partial charge >= 0.3 is 0 Å². The first-order chi connectivity index (χ1) is 7.22. The summed E-state index contributed by atoms with van der Waals surface area (Å²) in [5.74, 6) is 0.639. The summed E-state index contributed by atoms with van der Waals surface area (Å²) in [5.41, 5.74) is 5.60. The van der Waals surface area contributed by atoms with Crippen LogP contribution in [0.15, 0.2) is 0 Å². The zero-order chi connectivity index (χ0) is 11.1. The van der Waals surface area contributed by atoms with Gasteiger partial charge in [0, 0.05) is 13.2 Å². The van der Waals surface area contributed by atoms with Gasteiger partial charge in [0.15, 0.2) is 0 Å². The Bertz CT molecular complexity index is 158. The molecule has 1 heterocycles. The molecule has 2 unspecified atom stereocenters. The van der Waals surface area contributed by atoms with Crippen LogP contribution in [0.25, 0.3) is 0 Å². The minimum absolute atomic E-state index is 0.469. The van der Waals surface area contributed by atoms with Gasteiger partial charge in [-0.1, -0.05) is 6.92 Å². The van der Waals surface area contributed by atoms with E-state index in [1.807, 2.05) is 0 Å². The summed E-state index contributed by atoms with van der Waals surface area (Å²) in [6.45, 7) is 6.19. The van der Waals surface area contributed by atoms with E-state index < -0.39 is 0 Å². The van der Waals surface area contributed by atoms with E-state index in [0.717, 1.165) is 26.2 Å². The van der Waals surface area contributed by atoms with Gasteiger partial charge in [0.2, 0.25) is 0 Å². The first-order valence-electron chi connectivity index (χ1n) is 6.22. The van der Waals surface area contributed by atoms with E-state index in [-0.39, 0.29) is 0 Å². The van der Waals surface area contributed by atoms with E-state index in [1.165, 1.54) is 25.7 Å². The molecule has 1 fully saturated rings. The fourth-order valence-corrected chi connectivity index (χ4v) is 1.95. The molecule has 15 heavy (non-hydrogen) atoms. The third kappa shape index (κ3) is 5.50. The molecule has 3 nitrogen and oxygen atoms in total. The summed E-state index contributed by atoms with van der Waals surface area (Å²) >= 11 is 0. The Balaban J connectivity index is 2.08. The molecular formula is C12H26N2O. The molecule has 2 N–H and O–H groups in total. The maximum absolute atomic E-state index is 5.72. The van der Waals surface area contributed by atoms with Crippen molar-refractivity contribution in [1.29, 1.82) is 0 Å². The van der Waals surface area contributed by atoms with Crippen LogP contribution in [0, 0.1) is 5.92 Å². The van der Waals surface area contributed by atoms with Gasteiger partial charge in [-0.15, -0.1) is 0 Å². The van der Waals surface area contributed by atoms with Crippen molar-refractivity contribution < 1.29 is 4.74 Å². The van der Waals surface area contributed by atoms with Crippen LogP contribution in [0.4, 0.5) is 0 Å². The normalized spacial score (nSPS) is 24.4. The average molecular weight is 214 g/mol. The molecule has 0 radical (unpaired) electrons. The van der Waals surface area contributed by atoms with Crippen LogP contribution >= 0.6 is 0 Å². The Labute approximate surface area is 94.0 Å². The number of ether oxygens (including phenoxy) is 1. The standard InChI is InChI=1S/C12H26N2O/c1-11(9-13)6-7-14(2)10-12-5-3-4-8-15-12/h11-12H,3-10,13H2,1-2H3. The van der Waals surface area contributed by atoms with E-state index in [2.05, 4.69) is 18.9 Å². The number of hydrogen-bond donors (Lipinski definition) is 1. The van der Waals surface area contributed by atoms with Crippen molar-refractivity contribution in [1.82, 2.24) is 4.90 Å². The lowest BCUT2D eigenvalue weighted by Crippen LogP contribution is -2.34. The molecule has 1 aliphatic rings. The highest BCUT2D eigenvalue weighted by Crippen LogP contribution is 2.13. The Morgan fingerprint density at radius 2 is 2.27 bits per heavy atom. The van der Waals surface area contributed by atoms with E-state index in [9.17, 15) is 0 Å². The molecule has 0 amide bonds. The van der Waals surface area contributed by atoms with Gasteiger partial charge in [-0.05, 0) is 51.7 Å². The summed E-state index contributed by atoms with van der Waals surface area (Å²) in [6, 6.07) is 0. The number of rotatable bonds is 6. The fraction of sp³-hybridized carbons (Fsp3) is 1.00. The van der Waals surface area contributed by atoms with Crippen molar-refractivity contribution in [2.24, 2.45) is 11.7 Å². The highest BCUT2D eigenvalue weighted by molar-refractivity contribution is 4.68. The molecule has 0 aliphatic carbocycles. The summed E-state index contributed by atoms with van der Waals surface area (Å²) < 4.78 is 5.72. The summed E-state index contributed by atoms with van der Waals surface area (Å²) in [5, 5.41) is 0. The predicted molar refractivity (Wildman–Crippen MR) is 63.9 cm³/mol. The lowest BCUT2D eigenvalue weighted by atomic mass is 10.1. The van der Waals surface area contributed by atoms with Crippen molar-refractivity contribution in [3.63, 3.8) is 0 Å². The van der Waals surface area contributed by atoms with Gasteiger partial charge in [0.1, 0.15) is 0 Å². The lowest BCUT2D eigenvalue weighted by Gasteiger charge is -2.27. The molecule has 1 saturated heterocycles. The summed E-state index contributed by atoms with van der Waals surface area (Å²) in [4.78, 5) is 2.38. The highest BCUT2D eigenvalue weighted by Gasteiger charge is 2.15. The largest absolute Gasteiger partial charge is 0.377 e.